The highest BCUT2D eigenvalue weighted by Crippen LogP contribution is 2.30. The van der Waals surface area contributed by atoms with Gasteiger partial charge in [-0.3, -0.25) is 0 Å². The lowest BCUT2D eigenvalue weighted by Gasteiger charge is -2.09. The zero-order valence-electron chi connectivity index (χ0n) is 8.85. The van der Waals surface area contributed by atoms with Crippen LogP contribution in [0.1, 0.15) is 5.56 Å². The maximum absolute atomic E-state index is 8.87. The van der Waals surface area contributed by atoms with Gasteiger partial charge in [0.25, 0.3) is 0 Å². The molecule has 0 saturated heterocycles. The summed E-state index contributed by atoms with van der Waals surface area (Å²) in [6, 6.07) is 14.8. The molecule has 0 atom stereocenters. The van der Waals surface area contributed by atoms with Gasteiger partial charge in [-0.1, -0.05) is 12.1 Å². The van der Waals surface area contributed by atoms with Crippen molar-refractivity contribution in [2.75, 3.05) is 5.73 Å². The number of nitrogens with zero attached hydrogens (tertiary/aromatic N) is 1. The van der Waals surface area contributed by atoms with Crippen LogP contribution in [0.2, 0.25) is 0 Å². The Balaban J connectivity index is 2.34. The quantitative estimate of drug-likeness (QED) is 0.674. The number of nitriles is 1. The first kappa shape index (κ1) is 11.7. The average molecular weight is 336 g/mol. The second-order valence-electron chi connectivity index (χ2n) is 3.39. The molecule has 4 heteroatoms. The summed E-state index contributed by atoms with van der Waals surface area (Å²) in [6.45, 7) is 0. The van der Waals surface area contributed by atoms with E-state index >= 15 is 0 Å². The second-order valence-corrected chi connectivity index (χ2v) is 4.63. The van der Waals surface area contributed by atoms with E-state index in [1.807, 2.05) is 30.3 Å². The molecule has 2 aromatic rings. The summed E-state index contributed by atoms with van der Waals surface area (Å²) in [5.41, 5.74) is 6.62. The van der Waals surface area contributed by atoms with Crippen LogP contribution in [0.4, 0.5) is 5.69 Å². The fraction of sp³-hybridized carbons (Fsp3) is 0. The molecular weight excluding hydrogens is 327 g/mol. The fourth-order valence-corrected chi connectivity index (χ4v) is 1.90. The Morgan fingerprint density at radius 2 is 1.94 bits per heavy atom. The van der Waals surface area contributed by atoms with Gasteiger partial charge in [0, 0.05) is 3.57 Å². The van der Waals surface area contributed by atoms with Gasteiger partial charge in [-0.05, 0) is 52.9 Å². The van der Waals surface area contributed by atoms with Gasteiger partial charge >= 0.3 is 0 Å². The normalized spacial score (nSPS) is 9.65. The minimum Gasteiger partial charge on any atom is -0.455 e. The minimum absolute atomic E-state index is 0.369. The van der Waals surface area contributed by atoms with Crippen molar-refractivity contribution < 1.29 is 4.74 Å². The van der Waals surface area contributed by atoms with Gasteiger partial charge in [0.2, 0.25) is 0 Å². The van der Waals surface area contributed by atoms with E-state index in [-0.39, 0.29) is 0 Å². The zero-order valence-corrected chi connectivity index (χ0v) is 11.0. The van der Waals surface area contributed by atoms with Crippen LogP contribution in [-0.4, -0.2) is 0 Å². The highest BCUT2D eigenvalue weighted by atomic mass is 127. The lowest BCUT2D eigenvalue weighted by molar-refractivity contribution is 0.484. The Morgan fingerprint density at radius 3 is 2.65 bits per heavy atom. The lowest BCUT2D eigenvalue weighted by atomic mass is 10.2. The summed E-state index contributed by atoms with van der Waals surface area (Å²) in [5, 5.41) is 8.87. The van der Waals surface area contributed by atoms with Crippen molar-refractivity contribution in [1.82, 2.24) is 0 Å². The van der Waals surface area contributed by atoms with Gasteiger partial charge < -0.3 is 10.5 Å². The summed E-state index contributed by atoms with van der Waals surface area (Å²) in [6.07, 6.45) is 0. The highest BCUT2D eigenvalue weighted by molar-refractivity contribution is 14.1. The molecule has 2 aromatic carbocycles. The third kappa shape index (κ3) is 2.68. The standard InChI is InChI=1S/C13H9IN2O/c14-10-4-2-5-11(7-10)17-12-6-1-3-9(8-15)13(12)16/h1-7H,16H2. The summed E-state index contributed by atoms with van der Waals surface area (Å²) >= 11 is 2.21. The van der Waals surface area contributed by atoms with Crippen LogP contribution < -0.4 is 10.5 Å². The predicted octanol–water partition coefficient (Wildman–Crippen LogP) is 3.54. The van der Waals surface area contributed by atoms with Crippen molar-refractivity contribution in [2.45, 2.75) is 0 Å². The van der Waals surface area contributed by atoms with Crippen molar-refractivity contribution in [2.24, 2.45) is 0 Å². The SMILES string of the molecule is N#Cc1cccc(Oc2cccc(I)c2)c1N. The van der Waals surface area contributed by atoms with E-state index in [1.165, 1.54) is 0 Å². The molecule has 2 N–H and O–H groups in total. The molecule has 0 heterocycles. The van der Waals surface area contributed by atoms with Crippen LogP contribution in [0.3, 0.4) is 0 Å². The zero-order chi connectivity index (χ0) is 12.3. The second kappa shape index (κ2) is 5.06. The third-order valence-corrected chi connectivity index (χ3v) is 2.88. The lowest BCUT2D eigenvalue weighted by Crippen LogP contribution is -1.95. The number of halogens is 1. The largest absolute Gasteiger partial charge is 0.455 e. The summed E-state index contributed by atoms with van der Waals surface area (Å²) < 4.78 is 6.73. The maximum atomic E-state index is 8.87. The Labute approximate surface area is 113 Å². The molecule has 0 aliphatic carbocycles. The molecule has 17 heavy (non-hydrogen) atoms. The number of nitrogens with two attached hydrogens (primary N) is 1. The van der Waals surface area contributed by atoms with Gasteiger partial charge in [-0.2, -0.15) is 5.26 Å². The van der Waals surface area contributed by atoms with Gasteiger partial charge in [-0.25, -0.2) is 0 Å². The van der Waals surface area contributed by atoms with Crippen LogP contribution in [0.5, 0.6) is 11.5 Å². The van der Waals surface area contributed by atoms with Crippen LogP contribution >= 0.6 is 22.6 Å². The molecule has 2 rings (SSSR count). The number of rotatable bonds is 2. The van der Waals surface area contributed by atoms with Crippen LogP contribution in [0, 0.1) is 14.9 Å². The molecule has 0 aliphatic heterocycles. The van der Waals surface area contributed by atoms with Crippen molar-refractivity contribution in [3.63, 3.8) is 0 Å². The molecule has 84 valence electrons. The molecule has 0 amide bonds. The van der Waals surface area contributed by atoms with Crippen molar-refractivity contribution >= 4 is 28.3 Å². The number of para-hydroxylation sites is 1. The van der Waals surface area contributed by atoms with Gasteiger partial charge in [0.15, 0.2) is 5.75 Å². The Bertz CT molecular complexity index is 590. The molecule has 0 saturated carbocycles. The topological polar surface area (TPSA) is 59.0 Å². The molecule has 0 spiro atoms. The van der Waals surface area contributed by atoms with Gasteiger partial charge in [0.05, 0.1) is 11.3 Å². The van der Waals surface area contributed by atoms with E-state index in [9.17, 15) is 0 Å². The van der Waals surface area contributed by atoms with Crippen molar-refractivity contribution in [1.29, 1.82) is 5.26 Å². The van der Waals surface area contributed by atoms with Gasteiger partial charge in [0.1, 0.15) is 11.8 Å². The first-order valence-electron chi connectivity index (χ1n) is 4.92. The van der Waals surface area contributed by atoms with Crippen LogP contribution in [-0.2, 0) is 0 Å². The highest BCUT2D eigenvalue weighted by Gasteiger charge is 2.06. The number of anilines is 1. The molecule has 0 fully saturated rings. The number of benzene rings is 2. The smallest absolute Gasteiger partial charge is 0.151 e. The Kier molecular flexibility index (Phi) is 3.49. The third-order valence-electron chi connectivity index (χ3n) is 2.21. The van der Waals surface area contributed by atoms with Crippen molar-refractivity contribution in [3.05, 3.63) is 51.6 Å². The Hall–Kier alpha value is -1.74. The van der Waals surface area contributed by atoms with Crippen LogP contribution in [0.15, 0.2) is 42.5 Å². The number of hydrogen-bond acceptors (Lipinski definition) is 3. The molecule has 0 aliphatic rings. The maximum Gasteiger partial charge on any atom is 0.151 e. The van der Waals surface area contributed by atoms with E-state index in [0.29, 0.717) is 22.7 Å². The first-order chi connectivity index (χ1) is 8.20. The average Bonchev–Trinajstić information content (AvgIpc) is 2.32. The number of ether oxygens (including phenoxy) is 1. The summed E-state index contributed by atoms with van der Waals surface area (Å²) in [7, 11) is 0. The fourth-order valence-electron chi connectivity index (χ4n) is 1.39. The summed E-state index contributed by atoms with van der Waals surface area (Å²) in [5.74, 6) is 1.21. The molecular formula is C13H9IN2O. The van der Waals surface area contributed by atoms with E-state index in [4.69, 9.17) is 15.7 Å². The Morgan fingerprint density at radius 1 is 1.18 bits per heavy atom. The number of nitrogen functional groups attached to an aromatic ring is 1. The number of hydrogen-bond donors (Lipinski definition) is 1. The molecule has 0 bridgehead atoms. The van der Waals surface area contributed by atoms with Gasteiger partial charge in [-0.15, -0.1) is 0 Å². The van der Waals surface area contributed by atoms with E-state index in [1.54, 1.807) is 18.2 Å². The monoisotopic (exact) mass is 336 g/mol. The minimum atomic E-state index is 0.369. The van der Waals surface area contributed by atoms with E-state index in [2.05, 4.69) is 22.6 Å². The predicted molar refractivity (Wildman–Crippen MR) is 74.8 cm³/mol. The molecule has 3 nitrogen and oxygen atoms in total. The molecule has 0 aromatic heterocycles. The van der Waals surface area contributed by atoms with E-state index < -0.39 is 0 Å². The molecule has 0 unspecified atom stereocenters. The first-order valence-corrected chi connectivity index (χ1v) is 6.00. The summed E-state index contributed by atoms with van der Waals surface area (Å²) in [4.78, 5) is 0. The van der Waals surface area contributed by atoms with Crippen molar-refractivity contribution in [3.8, 4) is 17.6 Å². The van der Waals surface area contributed by atoms with E-state index in [0.717, 1.165) is 3.57 Å². The molecule has 0 radical (unpaired) electrons. The van der Waals surface area contributed by atoms with Crippen LogP contribution in [0.25, 0.3) is 0 Å².